The third-order valence-electron chi connectivity index (χ3n) is 1.09. The van der Waals surface area contributed by atoms with Crippen LogP contribution < -0.4 is 0 Å². The Morgan fingerprint density at radius 2 is 2.17 bits per heavy atom. The molecule has 3 nitrogen and oxygen atoms in total. The summed E-state index contributed by atoms with van der Waals surface area (Å²) in [5.74, 6) is 4.88. The maximum atomic E-state index is 9.88. The summed E-state index contributed by atoms with van der Waals surface area (Å²) in [4.78, 5) is 17.8. The van der Waals surface area contributed by atoms with Crippen molar-refractivity contribution in [2.45, 2.75) is 5.16 Å². The number of hydrogen-bond donors (Lipinski definition) is 0. The molecule has 0 aliphatic rings. The van der Waals surface area contributed by atoms with Gasteiger partial charge in [-0.1, -0.05) is 17.7 Å². The lowest BCUT2D eigenvalue weighted by Gasteiger charge is -1.91. The Hall–Kier alpha value is -1.34. The second-order valence-electron chi connectivity index (χ2n) is 1.85. The molecule has 0 spiro atoms. The minimum Gasteiger partial charge on any atom is -0.289 e. The quantitative estimate of drug-likeness (QED) is 0.275. The van der Waals surface area contributed by atoms with Crippen molar-refractivity contribution < 1.29 is 4.79 Å². The zero-order chi connectivity index (χ0) is 8.81. The molecule has 4 heteroatoms. The van der Waals surface area contributed by atoms with Gasteiger partial charge in [-0.15, -0.1) is 0 Å². The van der Waals surface area contributed by atoms with Crippen molar-refractivity contribution in [1.29, 1.82) is 0 Å². The Kier molecular flexibility index (Phi) is 3.30. The van der Waals surface area contributed by atoms with Gasteiger partial charge in [0.05, 0.1) is 5.56 Å². The van der Waals surface area contributed by atoms with Crippen LogP contribution in [0.25, 0.3) is 0 Å². The number of carbonyl (C=O) groups excluding carboxylic acids is 1. The zero-order valence-electron chi connectivity index (χ0n) is 6.44. The number of aromatic nitrogens is 2. The summed E-state index contributed by atoms with van der Waals surface area (Å²) < 4.78 is 0. The molecule has 1 heterocycles. The molecule has 1 aromatic rings. The molecular weight excluding hydrogens is 172 g/mol. The largest absolute Gasteiger partial charge is 0.289 e. The highest BCUT2D eigenvalue weighted by atomic mass is 32.2. The molecule has 0 amide bonds. The first-order valence-corrected chi connectivity index (χ1v) is 4.40. The number of hydrogen-bond acceptors (Lipinski definition) is 4. The second kappa shape index (κ2) is 4.52. The molecule has 0 radical (unpaired) electrons. The molecule has 0 saturated heterocycles. The number of nitrogens with zero attached hydrogens (tertiary/aromatic N) is 2. The summed E-state index contributed by atoms with van der Waals surface area (Å²) in [5.41, 5.74) is 0.653. The van der Waals surface area contributed by atoms with E-state index in [0.29, 0.717) is 17.0 Å². The minimum atomic E-state index is 0.544. The lowest BCUT2D eigenvalue weighted by molar-refractivity contribution is -0.103. The van der Waals surface area contributed by atoms with Crippen molar-refractivity contribution in [3.05, 3.63) is 18.0 Å². The van der Waals surface area contributed by atoms with E-state index in [-0.39, 0.29) is 0 Å². The Labute approximate surface area is 74.6 Å². The maximum Gasteiger partial charge on any atom is 0.193 e. The highest BCUT2D eigenvalue weighted by Gasteiger charge is 1.91. The van der Waals surface area contributed by atoms with Crippen LogP contribution in [0.5, 0.6) is 0 Å². The van der Waals surface area contributed by atoms with Gasteiger partial charge in [0, 0.05) is 12.4 Å². The first kappa shape index (κ1) is 8.75. The van der Waals surface area contributed by atoms with Gasteiger partial charge in [0.1, 0.15) is 0 Å². The van der Waals surface area contributed by atoms with Crippen LogP contribution in [0.2, 0.25) is 0 Å². The topological polar surface area (TPSA) is 42.9 Å². The Bertz CT molecular complexity index is 323. The van der Waals surface area contributed by atoms with E-state index >= 15 is 0 Å². The van der Waals surface area contributed by atoms with Crippen molar-refractivity contribution in [2.75, 3.05) is 6.26 Å². The third-order valence-corrected chi connectivity index (χ3v) is 1.66. The normalized spacial score (nSPS) is 8.42. The van der Waals surface area contributed by atoms with Gasteiger partial charge in [0.2, 0.25) is 0 Å². The number of rotatable bonds is 1. The van der Waals surface area contributed by atoms with Crippen molar-refractivity contribution in [3.63, 3.8) is 0 Å². The summed E-state index contributed by atoms with van der Waals surface area (Å²) in [6.07, 6.45) is 5.62. The van der Waals surface area contributed by atoms with Crippen molar-refractivity contribution >= 4 is 18.0 Å². The SMILES string of the molecule is CSc1ncc(C#CC=O)cn1. The van der Waals surface area contributed by atoms with Crippen LogP contribution in [0, 0.1) is 11.8 Å². The zero-order valence-corrected chi connectivity index (χ0v) is 7.26. The smallest absolute Gasteiger partial charge is 0.193 e. The third kappa shape index (κ3) is 2.36. The lowest BCUT2D eigenvalue weighted by Crippen LogP contribution is -1.85. The fourth-order valence-electron chi connectivity index (χ4n) is 0.599. The summed E-state index contributed by atoms with van der Waals surface area (Å²) in [5, 5.41) is 0.701. The Balaban J connectivity index is 2.84. The average Bonchev–Trinajstić information content (AvgIpc) is 2.15. The molecule has 0 aromatic carbocycles. The van der Waals surface area contributed by atoms with E-state index in [0.717, 1.165) is 0 Å². The summed E-state index contributed by atoms with van der Waals surface area (Å²) >= 11 is 1.46. The van der Waals surface area contributed by atoms with Crippen LogP contribution in [0.1, 0.15) is 5.56 Å². The molecule has 0 N–H and O–H groups in total. The number of carbonyl (C=O) groups is 1. The van der Waals surface area contributed by atoms with Gasteiger partial charge in [-0.25, -0.2) is 9.97 Å². The standard InChI is InChI=1S/C8H6N2OS/c1-12-8-9-5-7(6-10-8)3-2-4-11/h4-6H,1H3. The van der Waals surface area contributed by atoms with Gasteiger partial charge in [-0.05, 0) is 12.2 Å². The molecular formula is C8H6N2OS. The van der Waals surface area contributed by atoms with Crippen molar-refractivity contribution in [2.24, 2.45) is 0 Å². The van der Waals surface area contributed by atoms with E-state index in [2.05, 4.69) is 21.8 Å². The molecule has 1 aromatic heterocycles. The van der Waals surface area contributed by atoms with Crippen LogP contribution in [-0.4, -0.2) is 22.5 Å². The first-order valence-electron chi connectivity index (χ1n) is 3.18. The van der Waals surface area contributed by atoms with E-state index < -0.39 is 0 Å². The molecule has 0 atom stereocenters. The van der Waals surface area contributed by atoms with Gasteiger partial charge in [0.15, 0.2) is 11.4 Å². The van der Waals surface area contributed by atoms with Crippen LogP contribution in [-0.2, 0) is 4.79 Å². The molecule has 12 heavy (non-hydrogen) atoms. The summed E-state index contributed by atoms with van der Waals surface area (Å²) in [6, 6.07) is 0. The van der Waals surface area contributed by atoms with Gasteiger partial charge in [-0.3, -0.25) is 4.79 Å². The van der Waals surface area contributed by atoms with Gasteiger partial charge in [0.25, 0.3) is 0 Å². The van der Waals surface area contributed by atoms with Crippen LogP contribution in [0.15, 0.2) is 17.6 Å². The van der Waals surface area contributed by atoms with E-state index in [4.69, 9.17) is 0 Å². The van der Waals surface area contributed by atoms with Crippen LogP contribution >= 0.6 is 11.8 Å². The highest BCUT2D eigenvalue weighted by Crippen LogP contribution is 2.05. The van der Waals surface area contributed by atoms with Crippen LogP contribution in [0.4, 0.5) is 0 Å². The summed E-state index contributed by atoms with van der Waals surface area (Å²) in [6.45, 7) is 0. The predicted octanol–water partition coefficient (Wildman–Crippen LogP) is 0.749. The molecule has 0 aliphatic heterocycles. The molecule has 60 valence electrons. The molecule has 0 fully saturated rings. The average molecular weight is 178 g/mol. The number of aldehydes is 1. The van der Waals surface area contributed by atoms with Gasteiger partial charge >= 0.3 is 0 Å². The minimum absolute atomic E-state index is 0.544. The fraction of sp³-hybridized carbons (Fsp3) is 0.125. The monoisotopic (exact) mass is 178 g/mol. The molecule has 0 unspecified atom stereocenters. The highest BCUT2D eigenvalue weighted by molar-refractivity contribution is 7.98. The Morgan fingerprint density at radius 1 is 1.50 bits per heavy atom. The maximum absolute atomic E-state index is 9.88. The first-order chi connectivity index (χ1) is 5.86. The van der Waals surface area contributed by atoms with Gasteiger partial charge < -0.3 is 0 Å². The molecule has 0 aliphatic carbocycles. The Morgan fingerprint density at radius 3 is 2.67 bits per heavy atom. The van der Waals surface area contributed by atoms with E-state index in [1.54, 1.807) is 12.4 Å². The van der Waals surface area contributed by atoms with Crippen molar-refractivity contribution in [3.8, 4) is 11.8 Å². The van der Waals surface area contributed by atoms with E-state index in [1.165, 1.54) is 11.8 Å². The van der Waals surface area contributed by atoms with E-state index in [9.17, 15) is 4.79 Å². The molecule has 0 saturated carbocycles. The fourth-order valence-corrected chi connectivity index (χ4v) is 0.915. The number of thioether (sulfide) groups is 1. The lowest BCUT2D eigenvalue weighted by atomic mass is 10.3. The predicted molar refractivity (Wildman–Crippen MR) is 46.8 cm³/mol. The summed E-state index contributed by atoms with van der Waals surface area (Å²) in [7, 11) is 0. The molecule has 0 bridgehead atoms. The van der Waals surface area contributed by atoms with Crippen molar-refractivity contribution in [1.82, 2.24) is 9.97 Å². The van der Waals surface area contributed by atoms with E-state index in [1.807, 2.05) is 6.26 Å². The second-order valence-corrected chi connectivity index (χ2v) is 2.62. The van der Waals surface area contributed by atoms with Crippen LogP contribution in [0.3, 0.4) is 0 Å². The van der Waals surface area contributed by atoms with Gasteiger partial charge in [-0.2, -0.15) is 0 Å². The molecule has 1 rings (SSSR count).